The van der Waals surface area contributed by atoms with E-state index in [-0.39, 0.29) is 10.2 Å². The molecule has 0 saturated heterocycles. The first-order valence-corrected chi connectivity index (χ1v) is 10.6. The van der Waals surface area contributed by atoms with Crippen LogP contribution in [0.1, 0.15) is 21.6 Å². The van der Waals surface area contributed by atoms with Gasteiger partial charge >= 0.3 is 0 Å². The van der Waals surface area contributed by atoms with E-state index in [1.54, 1.807) is 18.2 Å². The summed E-state index contributed by atoms with van der Waals surface area (Å²) >= 11 is 3.18. The zero-order valence-electron chi connectivity index (χ0n) is 14.7. The predicted octanol–water partition coefficient (Wildman–Crippen LogP) is 3.91. The lowest BCUT2D eigenvalue weighted by atomic mass is 10.2. The van der Waals surface area contributed by atoms with Crippen molar-refractivity contribution in [2.75, 3.05) is 5.32 Å². The number of aromatic nitrogens is 2. The minimum absolute atomic E-state index is 0.103. The quantitative estimate of drug-likeness (QED) is 0.579. The number of anilines is 1. The zero-order chi connectivity index (χ0) is 20.3. The molecule has 2 aromatic carbocycles. The lowest BCUT2D eigenvalue weighted by Crippen LogP contribution is -2.18. The molecule has 144 valence electrons. The summed E-state index contributed by atoms with van der Waals surface area (Å²) in [4.78, 5) is 20.3. The monoisotopic (exact) mass is 463 g/mol. The highest BCUT2D eigenvalue weighted by molar-refractivity contribution is 9.10. The van der Waals surface area contributed by atoms with Crippen molar-refractivity contribution in [3.05, 3.63) is 81.8 Å². The Labute approximate surface area is 169 Å². The number of nitrogens with zero attached hydrogens (tertiary/aromatic N) is 2. The van der Waals surface area contributed by atoms with E-state index in [0.717, 1.165) is 5.56 Å². The summed E-state index contributed by atoms with van der Waals surface area (Å²) in [5.41, 5.74) is 1.81. The first-order chi connectivity index (χ1) is 13.2. The number of halogens is 2. The van der Waals surface area contributed by atoms with Gasteiger partial charge in [0.2, 0.25) is 15.0 Å². The SMILES string of the molecule is Cc1cccc(NC(=O)c2nc(S(=O)(=O)Cc3ccc(F)cc3)ncc2Br)c1. The highest BCUT2D eigenvalue weighted by Gasteiger charge is 2.23. The van der Waals surface area contributed by atoms with E-state index in [9.17, 15) is 17.6 Å². The summed E-state index contributed by atoms with van der Waals surface area (Å²) in [6.45, 7) is 1.89. The maximum absolute atomic E-state index is 13.0. The Morgan fingerprint density at radius 2 is 1.89 bits per heavy atom. The van der Waals surface area contributed by atoms with Crippen LogP contribution in [-0.4, -0.2) is 24.3 Å². The van der Waals surface area contributed by atoms with Gasteiger partial charge in [0.1, 0.15) is 11.5 Å². The second-order valence-corrected chi connectivity index (χ2v) is 8.80. The van der Waals surface area contributed by atoms with Crippen LogP contribution >= 0.6 is 15.9 Å². The molecule has 3 rings (SSSR count). The molecule has 28 heavy (non-hydrogen) atoms. The third-order valence-electron chi connectivity index (χ3n) is 3.76. The van der Waals surface area contributed by atoms with Crippen molar-refractivity contribution < 1.29 is 17.6 Å². The van der Waals surface area contributed by atoms with Gasteiger partial charge in [0.25, 0.3) is 5.91 Å². The van der Waals surface area contributed by atoms with E-state index in [1.807, 2.05) is 13.0 Å². The zero-order valence-corrected chi connectivity index (χ0v) is 17.1. The third kappa shape index (κ3) is 4.79. The standard InChI is InChI=1S/C19H15BrFN3O3S/c1-12-3-2-4-15(9-12)23-18(25)17-16(20)10-22-19(24-17)28(26,27)11-13-5-7-14(21)8-6-13/h2-10H,11H2,1H3,(H,23,25). The molecular weight excluding hydrogens is 449 g/mol. The maximum atomic E-state index is 13.0. The summed E-state index contributed by atoms with van der Waals surface area (Å²) in [5, 5.41) is 2.20. The van der Waals surface area contributed by atoms with Crippen LogP contribution in [0.3, 0.4) is 0 Å². The molecule has 0 unspecified atom stereocenters. The summed E-state index contributed by atoms with van der Waals surface area (Å²) in [7, 11) is -3.92. The predicted molar refractivity (Wildman–Crippen MR) is 106 cm³/mol. The normalized spacial score (nSPS) is 11.2. The number of carbonyl (C=O) groups is 1. The van der Waals surface area contributed by atoms with Crippen molar-refractivity contribution in [3.8, 4) is 0 Å². The van der Waals surface area contributed by atoms with Crippen LogP contribution in [0.5, 0.6) is 0 Å². The van der Waals surface area contributed by atoms with Gasteiger partial charge in [-0.05, 0) is 58.2 Å². The smallest absolute Gasteiger partial charge is 0.275 e. The highest BCUT2D eigenvalue weighted by atomic mass is 79.9. The molecule has 1 heterocycles. The maximum Gasteiger partial charge on any atom is 0.275 e. The van der Waals surface area contributed by atoms with Gasteiger partial charge in [-0.15, -0.1) is 0 Å². The van der Waals surface area contributed by atoms with E-state index < -0.39 is 32.5 Å². The Bertz CT molecular complexity index is 1140. The van der Waals surface area contributed by atoms with Crippen LogP contribution in [0.4, 0.5) is 10.1 Å². The molecule has 0 spiro atoms. The molecule has 6 nitrogen and oxygen atoms in total. The molecule has 0 aliphatic heterocycles. The number of sulfone groups is 1. The third-order valence-corrected chi connectivity index (χ3v) is 5.81. The van der Waals surface area contributed by atoms with Gasteiger partial charge in [0.05, 0.1) is 10.2 Å². The number of amides is 1. The lowest BCUT2D eigenvalue weighted by Gasteiger charge is -2.09. The van der Waals surface area contributed by atoms with Crippen LogP contribution < -0.4 is 5.32 Å². The van der Waals surface area contributed by atoms with Gasteiger partial charge < -0.3 is 5.32 Å². The average molecular weight is 464 g/mol. The molecule has 1 N–H and O–H groups in total. The molecule has 0 saturated carbocycles. The molecule has 0 aliphatic rings. The van der Waals surface area contributed by atoms with Gasteiger partial charge in [-0.3, -0.25) is 4.79 Å². The first kappa shape index (κ1) is 20.1. The van der Waals surface area contributed by atoms with Crippen LogP contribution in [0.2, 0.25) is 0 Å². The van der Waals surface area contributed by atoms with Gasteiger partial charge in [0.15, 0.2) is 0 Å². The second kappa shape index (κ2) is 8.15. The van der Waals surface area contributed by atoms with E-state index >= 15 is 0 Å². The molecule has 9 heteroatoms. The van der Waals surface area contributed by atoms with E-state index in [2.05, 4.69) is 31.2 Å². The van der Waals surface area contributed by atoms with Gasteiger partial charge in [-0.1, -0.05) is 24.3 Å². The number of hydrogen-bond donors (Lipinski definition) is 1. The fourth-order valence-corrected chi connectivity index (χ4v) is 4.01. The van der Waals surface area contributed by atoms with Crippen molar-refractivity contribution in [1.29, 1.82) is 0 Å². The highest BCUT2D eigenvalue weighted by Crippen LogP contribution is 2.20. The number of rotatable bonds is 5. The second-order valence-electron chi connectivity index (χ2n) is 6.06. The van der Waals surface area contributed by atoms with Crippen LogP contribution in [0, 0.1) is 12.7 Å². The molecule has 0 fully saturated rings. The number of hydrogen-bond acceptors (Lipinski definition) is 5. The molecular formula is C19H15BrFN3O3S. The minimum atomic E-state index is -3.92. The molecule has 0 aliphatic carbocycles. The Kier molecular flexibility index (Phi) is 5.85. The lowest BCUT2D eigenvalue weighted by molar-refractivity contribution is 0.102. The Balaban J connectivity index is 1.87. The fourth-order valence-electron chi connectivity index (χ4n) is 2.44. The molecule has 0 atom stereocenters. The average Bonchev–Trinajstić information content (AvgIpc) is 2.63. The van der Waals surface area contributed by atoms with Gasteiger partial charge in [-0.25, -0.2) is 22.8 Å². The minimum Gasteiger partial charge on any atom is -0.321 e. The van der Waals surface area contributed by atoms with Crippen molar-refractivity contribution >= 4 is 37.4 Å². The number of benzene rings is 2. The molecule has 1 aromatic heterocycles. The van der Waals surface area contributed by atoms with Crippen molar-refractivity contribution in [1.82, 2.24) is 9.97 Å². The summed E-state index contributed by atoms with van der Waals surface area (Å²) in [5.74, 6) is -1.44. The van der Waals surface area contributed by atoms with E-state index in [0.29, 0.717) is 11.3 Å². The van der Waals surface area contributed by atoms with Gasteiger partial charge in [-0.2, -0.15) is 0 Å². The molecule has 1 amide bonds. The fraction of sp³-hybridized carbons (Fsp3) is 0.105. The largest absolute Gasteiger partial charge is 0.321 e. The Morgan fingerprint density at radius 3 is 2.57 bits per heavy atom. The Hall–Kier alpha value is -2.65. The Morgan fingerprint density at radius 1 is 1.18 bits per heavy atom. The summed E-state index contributed by atoms with van der Waals surface area (Å²) in [6.07, 6.45) is 1.22. The number of nitrogens with one attached hydrogen (secondary N) is 1. The van der Waals surface area contributed by atoms with Crippen LogP contribution in [-0.2, 0) is 15.6 Å². The first-order valence-electron chi connectivity index (χ1n) is 8.12. The summed E-state index contributed by atoms with van der Waals surface area (Å²) in [6, 6.07) is 12.3. The van der Waals surface area contributed by atoms with Crippen molar-refractivity contribution in [3.63, 3.8) is 0 Å². The molecule has 0 bridgehead atoms. The topological polar surface area (TPSA) is 89.0 Å². The number of carbonyl (C=O) groups excluding carboxylic acids is 1. The van der Waals surface area contributed by atoms with Crippen LogP contribution in [0.15, 0.2) is 64.4 Å². The molecule has 0 radical (unpaired) electrons. The number of aryl methyl sites for hydroxylation is 1. The van der Waals surface area contributed by atoms with E-state index in [4.69, 9.17) is 0 Å². The van der Waals surface area contributed by atoms with Crippen molar-refractivity contribution in [2.24, 2.45) is 0 Å². The van der Waals surface area contributed by atoms with Crippen molar-refractivity contribution in [2.45, 2.75) is 17.8 Å². The van der Waals surface area contributed by atoms with E-state index in [1.165, 1.54) is 30.5 Å². The van der Waals surface area contributed by atoms with Crippen LogP contribution in [0.25, 0.3) is 0 Å². The van der Waals surface area contributed by atoms with Gasteiger partial charge in [0, 0.05) is 11.9 Å². The molecule has 3 aromatic rings. The summed E-state index contributed by atoms with van der Waals surface area (Å²) < 4.78 is 38.5.